The Morgan fingerprint density at radius 1 is 1.65 bits per heavy atom. The quantitative estimate of drug-likeness (QED) is 0.319. The summed E-state index contributed by atoms with van der Waals surface area (Å²) in [5.41, 5.74) is 2.18. The summed E-state index contributed by atoms with van der Waals surface area (Å²) < 4.78 is 5.44. The Kier molecular flexibility index (Phi) is 6.08. The van der Waals surface area contributed by atoms with Gasteiger partial charge in [-0.3, -0.25) is 15.5 Å². The summed E-state index contributed by atoms with van der Waals surface area (Å²) >= 11 is 10.8. The summed E-state index contributed by atoms with van der Waals surface area (Å²) in [4.78, 5) is 10.1. The van der Waals surface area contributed by atoms with E-state index in [2.05, 4.69) is 15.8 Å². The summed E-state index contributed by atoms with van der Waals surface area (Å²) in [5.74, 6) is -0.511. The number of hydrazone groups is 1. The molecular weight excluding hydrogens is 344 g/mol. The predicted octanol–water partition coefficient (Wildman–Crippen LogP) is 1.93. The molecule has 0 amide bonds. The number of ether oxygens (including phenoxy) is 1. The van der Waals surface area contributed by atoms with Crippen molar-refractivity contribution in [3.05, 3.63) is 32.8 Å². The number of hydrogen-bond donors (Lipinski definition) is 3. The lowest BCUT2D eigenvalue weighted by Gasteiger charge is -2.11. The standard InChI is InChI=1S/C13H15ClN4O4S/c14-9-4-8(12(19)11(5-9)18(20)21)6-16-17-13(23)15-7-10-2-1-3-22-10/h4-6,10,19H,1-3,7H2,(H2,15,17,23)/b16-6+. The average molecular weight is 359 g/mol. The van der Waals surface area contributed by atoms with Crippen molar-refractivity contribution in [2.45, 2.75) is 18.9 Å². The van der Waals surface area contributed by atoms with Gasteiger partial charge in [0.25, 0.3) is 0 Å². The number of nitrogens with zero attached hydrogens (tertiary/aromatic N) is 2. The highest BCUT2D eigenvalue weighted by Crippen LogP contribution is 2.32. The van der Waals surface area contributed by atoms with Crippen LogP contribution in [0.25, 0.3) is 0 Å². The van der Waals surface area contributed by atoms with E-state index in [4.69, 9.17) is 28.6 Å². The van der Waals surface area contributed by atoms with Crippen LogP contribution >= 0.6 is 23.8 Å². The summed E-state index contributed by atoms with van der Waals surface area (Å²) in [6, 6.07) is 2.42. The van der Waals surface area contributed by atoms with Crippen molar-refractivity contribution >= 4 is 40.8 Å². The second-order valence-corrected chi connectivity index (χ2v) is 5.68. The minimum atomic E-state index is -0.722. The van der Waals surface area contributed by atoms with E-state index in [0.29, 0.717) is 6.54 Å². The lowest BCUT2D eigenvalue weighted by Crippen LogP contribution is -2.37. The number of nitrogens with one attached hydrogen (secondary N) is 2. The molecular formula is C13H15ClN4O4S. The van der Waals surface area contributed by atoms with E-state index in [1.54, 1.807) is 0 Å². The molecule has 0 spiro atoms. The summed E-state index contributed by atoms with van der Waals surface area (Å²) in [7, 11) is 0. The average Bonchev–Trinajstić information content (AvgIpc) is 3.01. The third-order valence-electron chi connectivity index (χ3n) is 3.16. The number of phenols is 1. The van der Waals surface area contributed by atoms with E-state index in [0.717, 1.165) is 25.5 Å². The molecule has 124 valence electrons. The van der Waals surface area contributed by atoms with E-state index in [9.17, 15) is 15.2 Å². The van der Waals surface area contributed by atoms with Gasteiger partial charge < -0.3 is 15.2 Å². The number of nitro benzene ring substituents is 1. The van der Waals surface area contributed by atoms with Crippen molar-refractivity contribution in [3.63, 3.8) is 0 Å². The van der Waals surface area contributed by atoms with E-state index < -0.39 is 16.4 Å². The lowest BCUT2D eigenvalue weighted by molar-refractivity contribution is -0.385. The van der Waals surface area contributed by atoms with Gasteiger partial charge in [0.05, 0.1) is 17.2 Å². The van der Waals surface area contributed by atoms with Gasteiger partial charge in [0.1, 0.15) is 0 Å². The van der Waals surface area contributed by atoms with Crippen LogP contribution in [-0.2, 0) is 4.74 Å². The van der Waals surface area contributed by atoms with E-state index in [-0.39, 0.29) is 21.8 Å². The normalized spacial score (nSPS) is 17.3. The Morgan fingerprint density at radius 2 is 2.43 bits per heavy atom. The van der Waals surface area contributed by atoms with Gasteiger partial charge in [-0.05, 0) is 31.1 Å². The number of hydrogen-bond acceptors (Lipinski definition) is 6. The van der Waals surface area contributed by atoms with Crippen LogP contribution in [0.15, 0.2) is 17.2 Å². The van der Waals surface area contributed by atoms with Crippen LogP contribution in [0, 0.1) is 10.1 Å². The molecule has 0 radical (unpaired) electrons. The minimum Gasteiger partial charge on any atom is -0.502 e. The molecule has 1 aliphatic rings. The SMILES string of the molecule is O=[N+]([O-])c1cc(Cl)cc(/C=N/NC(=S)NCC2CCCO2)c1O. The Morgan fingerprint density at radius 3 is 3.09 bits per heavy atom. The molecule has 0 saturated carbocycles. The zero-order valence-corrected chi connectivity index (χ0v) is 13.6. The number of benzene rings is 1. The second-order valence-electron chi connectivity index (χ2n) is 4.83. The van der Waals surface area contributed by atoms with Crippen LogP contribution in [0.5, 0.6) is 5.75 Å². The van der Waals surface area contributed by atoms with E-state index in [1.165, 1.54) is 12.3 Å². The Hall–Kier alpha value is -1.97. The highest BCUT2D eigenvalue weighted by Gasteiger charge is 2.18. The van der Waals surface area contributed by atoms with Crippen molar-refractivity contribution in [1.82, 2.24) is 10.7 Å². The van der Waals surface area contributed by atoms with Crippen LogP contribution in [0.1, 0.15) is 18.4 Å². The van der Waals surface area contributed by atoms with Gasteiger partial charge in [-0.1, -0.05) is 11.6 Å². The zero-order valence-electron chi connectivity index (χ0n) is 12.0. The first-order valence-electron chi connectivity index (χ1n) is 6.83. The number of phenolic OH excluding ortho intramolecular Hbond substituents is 1. The maximum Gasteiger partial charge on any atom is 0.312 e. The van der Waals surface area contributed by atoms with Crippen molar-refractivity contribution < 1.29 is 14.8 Å². The third-order valence-corrected chi connectivity index (χ3v) is 3.62. The third kappa shape index (κ3) is 5.02. The minimum absolute atomic E-state index is 0.110. The molecule has 1 aliphatic heterocycles. The molecule has 0 aromatic heterocycles. The van der Waals surface area contributed by atoms with Gasteiger partial charge >= 0.3 is 5.69 Å². The first-order valence-corrected chi connectivity index (χ1v) is 7.61. The Labute approximate surface area is 142 Å². The number of halogens is 1. The number of aromatic hydroxyl groups is 1. The predicted molar refractivity (Wildman–Crippen MR) is 90.1 cm³/mol. The Bertz CT molecular complexity index is 635. The summed E-state index contributed by atoms with van der Waals surface area (Å²) in [6.07, 6.45) is 3.36. The highest BCUT2D eigenvalue weighted by atomic mass is 35.5. The molecule has 0 bridgehead atoms. The summed E-state index contributed by atoms with van der Waals surface area (Å²) in [5, 5.41) is 27.8. The molecule has 8 nitrogen and oxygen atoms in total. The molecule has 1 saturated heterocycles. The fourth-order valence-electron chi connectivity index (χ4n) is 2.05. The van der Waals surface area contributed by atoms with Crippen molar-refractivity contribution in [3.8, 4) is 5.75 Å². The number of thiocarbonyl (C=S) groups is 1. The molecule has 2 rings (SSSR count). The molecule has 23 heavy (non-hydrogen) atoms. The monoisotopic (exact) mass is 358 g/mol. The lowest BCUT2D eigenvalue weighted by atomic mass is 10.2. The van der Waals surface area contributed by atoms with Crippen LogP contribution < -0.4 is 10.7 Å². The summed E-state index contributed by atoms with van der Waals surface area (Å²) in [6.45, 7) is 1.34. The molecule has 1 aromatic carbocycles. The molecule has 3 N–H and O–H groups in total. The molecule has 1 fully saturated rings. The van der Waals surface area contributed by atoms with Crippen LogP contribution in [0.3, 0.4) is 0 Å². The molecule has 10 heteroatoms. The first-order chi connectivity index (χ1) is 11.0. The van der Waals surface area contributed by atoms with Crippen LogP contribution in [-0.4, -0.2) is 40.6 Å². The Balaban J connectivity index is 1.92. The smallest absolute Gasteiger partial charge is 0.312 e. The van der Waals surface area contributed by atoms with E-state index in [1.807, 2.05) is 0 Å². The highest BCUT2D eigenvalue weighted by molar-refractivity contribution is 7.80. The van der Waals surface area contributed by atoms with Gasteiger partial charge in [-0.15, -0.1) is 0 Å². The molecule has 0 aliphatic carbocycles. The van der Waals surface area contributed by atoms with Gasteiger partial charge in [-0.2, -0.15) is 5.10 Å². The van der Waals surface area contributed by atoms with Crippen molar-refractivity contribution in [2.24, 2.45) is 5.10 Å². The zero-order chi connectivity index (χ0) is 16.8. The fourth-order valence-corrected chi connectivity index (χ4v) is 2.41. The van der Waals surface area contributed by atoms with E-state index >= 15 is 0 Å². The fraction of sp³-hybridized carbons (Fsp3) is 0.385. The van der Waals surface area contributed by atoms with Gasteiger partial charge in [-0.25, -0.2) is 0 Å². The number of rotatable bonds is 5. The van der Waals surface area contributed by atoms with Gasteiger partial charge in [0.2, 0.25) is 5.75 Å². The first kappa shape index (κ1) is 17.4. The maximum atomic E-state index is 10.8. The van der Waals surface area contributed by atoms with Crippen LogP contribution in [0.2, 0.25) is 5.02 Å². The molecule has 1 unspecified atom stereocenters. The van der Waals surface area contributed by atoms with Gasteiger partial charge in [0, 0.05) is 29.8 Å². The maximum absolute atomic E-state index is 10.8. The largest absolute Gasteiger partial charge is 0.502 e. The topological polar surface area (TPSA) is 109 Å². The molecule has 1 aromatic rings. The van der Waals surface area contributed by atoms with Crippen molar-refractivity contribution in [1.29, 1.82) is 0 Å². The van der Waals surface area contributed by atoms with Gasteiger partial charge in [0.15, 0.2) is 5.11 Å². The molecule has 1 heterocycles. The molecule has 1 atom stereocenters. The second kappa shape index (κ2) is 8.04. The number of nitro groups is 1. The van der Waals surface area contributed by atoms with Crippen LogP contribution in [0.4, 0.5) is 5.69 Å². The van der Waals surface area contributed by atoms with Crippen molar-refractivity contribution in [2.75, 3.05) is 13.2 Å².